The molecule has 1 saturated carbocycles. The zero-order valence-electron chi connectivity index (χ0n) is 8.75. The Hall–Kier alpha value is -1.10. The predicted molar refractivity (Wildman–Crippen MR) is 53.2 cm³/mol. The van der Waals surface area contributed by atoms with Crippen LogP contribution in [0.4, 0.5) is 4.79 Å². The maximum Gasteiger partial charge on any atom is 0.324 e. The molecule has 0 aromatic heterocycles. The normalized spacial score (nSPS) is 43.9. The third-order valence-corrected chi connectivity index (χ3v) is 4.15. The standard InChI is InChI=1S/C10H15N3O2/c1-13-8(14)10(12-9(13)15)4-5-11-7-3-2-6(7)10/h6-7,11H,2-5H2,1H3,(H,12,15). The molecule has 2 aliphatic heterocycles. The van der Waals surface area contributed by atoms with E-state index in [0.717, 1.165) is 25.8 Å². The average molecular weight is 209 g/mol. The first-order valence-electron chi connectivity index (χ1n) is 5.49. The number of urea groups is 1. The van der Waals surface area contributed by atoms with E-state index in [-0.39, 0.29) is 11.9 Å². The van der Waals surface area contributed by atoms with E-state index >= 15 is 0 Å². The highest BCUT2D eigenvalue weighted by molar-refractivity contribution is 6.07. The molecule has 82 valence electrons. The monoisotopic (exact) mass is 209 g/mol. The molecular weight excluding hydrogens is 194 g/mol. The van der Waals surface area contributed by atoms with Gasteiger partial charge >= 0.3 is 6.03 Å². The van der Waals surface area contributed by atoms with Crippen molar-refractivity contribution in [3.63, 3.8) is 0 Å². The van der Waals surface area contributed by atoms with Crippen LogP contribution in [0.15, 0.2) is 0 Å². The van der Waals surface area contributed by atoms with E-state index in [9.17, 15) is 9.59 Å². The van der Waals surface area contributed by atoms with Crippen LogP contribution in [0.5, 0.6) is 0 Å². The van der Waals surface area contributed by atoms with Crippen LogP contribution < -0.4 is 10.6 Å². The minimum Gasteiger partial charge on any atom is -0.323 e. The minimum atomic E-state index is -0.583. The number of likely N-dealkylation sites (N-methyl/N-ethyl adjacent to an activating group) is 1. The highest BCUT2D eigenvalue weighted by Gasteiger charge is 2.60. The zero-order valence-corrected chi connectivity index (χ0v) is 8.75. The number of hydrogen-bond donors (Lipinski definition) is 2. The van der Waals surface area contributed by atoms with Crippen LogP contribution in [0.2, 0.25) is 0 Å². The summed E-state index contributed by atoms with van der Waals surface area (Å²) in [5, 5.41) is 6.30. The summed E-state index contributed by atoms with van der Waals surface area (Å²) in [7, 11) is 1.56. The van der Waals surface area contributed by atoms with Crippen LogP contribution in [0.25, 0.3) is 0 Å². The number of imide groups is 1. The SMILES string of the molecule is CN1C(=O)NC2(CCNC3CCC32)C1=O. The van der Waals surface area contributed by atoms with E-state index in [4.69, 9.17) is 0 Å². The number of carbonyl (C=O) groups is 2. The molecule has 3 rings (SSSR count). The lowest BCUT2D eigenvalue weighted by Gasteiger charge is -2.50. The summed E-state index contributed by atoms with van der Waals surface area (Å²) in [6.07, 6.45) is 2.89. The molecule has 3 atom stereocenters. The van der Waals surface area contributed by atoms with E-state index in [2.05, 4.69) is 10.6 Å². The second kappa shape index (κ2) is 2.72. The summed E-state index contributed by atoms with van der Waals surface area (Å²) in [5.41, 5.74) is -0.583. The zero-order chi connectivity index (χ0) is 10.6. The van der Waals surface area contributed by atoms with Crippen molar-refractivity contribution in [1.82, 2.24) is 15.5 Å². The number of rotatable bonds is 0. The van der Waals surface area contributed by atoms with Crippen molar-refractivity contribution < 1.29 is 9.59 Å². The summed E-state index contributed by atoms with van der Waals surface area (Å²) < 4.78 is 0. The molecule has 15 heavy (non-hydrogen) atoms. The summed E-state index contributed by atoms with van der Waals surface area (Å²) >= 11 is 0. The molecule has 0 radical (unpaired) electrons. The number of nitrogens with zero attached hydrogens (tertiary/aromatic N) is 1. The first-order valence-corrected chi connectivity index (χ1v) is 5.49. The molecule has 3 amide bonds. The molecule has 0 aromatic rings. The molecule has 2 saturated heterocycles. The van der Waals surface area contributed by atoms with E-state index in [1.54, 1.807) is 7.05 Å². The van der Waals surface area contributed by atoms with Crippen LogP contribution >= 0.6 is 0 Å². The van der Waals surface area contributed by atoms with Gasteiger partial charge in [0, 0.05) is 19.0 Å². The van der Waals surface area contributed by atoms with Crippen LogP contribution in [-0.4, -0.2) is 42.0 Å². The van der Waals surface area contributed by atoms with Gasteiger partial charge in [-0.3, -0.25) is 9.69 Å². The second-order valence-electron chi connectivity index (χ2n) is 4.76. The summed E-state index contributed by atoms with van der Waals surface area (Å²) in [6.45, 7) is 0.820. The van der Waals surface area contributed by atoms with Gasteiger partial charge in [-0.05, 0) is 25.8 Å². The van der Waals surface area contributed by atoms with Crippen molar-refractivity contribution in [2.45, 2.75) is 30.8 Å². The van der Waals surface area contributed by atoms with Gasteiger partial charge in [0.2, 0.25) is 0 Å². The highest BCUT2D eigenvalue weighted by atomic mass is 16.2. The lowest BCUT2D eigenvalue weighted by atomic mass is 9.63. The van der Waals surface area contributed by atoms with Crippen molar-refractivity contribution in [3.05, 3.63) is 0 Å². The first-order chi connectivity index (χ1) is 7.15. The van der Waals surface area contributed by atoms with Gasteiger partial charge in [-0.15, -0.1) is 0 Å². The number of piperidine rings is 1. The van der Waals surface area contributed by atoms with E-state index in [0.29, 0.717) is 12.0 Å². The topological polar surface area (TPSA) is 61.4 Å². The molecule has 5 nitrogen and oxygen atoms in total. The molecule has 2 heterocycles. The maximum atomic E-state index is 12.1. The number of amides is 3. The molecule has 2 N–H and O–H groups in total. The Labute approximate surface area is 88.2 Å². The Bertz CT molecular complexity index is 344. The lowest BCUT2D eigenvalue weighted by Crippen LogP contribution is -2.68. The molecule has 5 heteroatoms. The Morgan fingerprint density at radius 3 is 2.73 bits per heavy atom. The predicted octanol–water partition coefficient (Wildman–Crippen LogP) is -0.321. The van der Waals surface area contributed by atoms with Gasteiger partial charge in [0.1, 0.15) is 5.54 Å². The van der Waals surface area contributed by atoms with Crippen molar-refractivity contribution in [2.75, 3.05) is 13.6 Å². The van der Waals surface area contributed by atoms with Crippen molar-refractivity contribution >= 4 is 11.9 Å². The Morgan fingerprint density at radius 1 is 1.40 bits per heavy atom. The van der Waals surface area contributed by atoms with Gasteiger partial charge in [0.15, 0.2) is 0 Å². The summed E-state index contributed by atoms with van der Waals surface area (Å²) in [5.74, 6) is 0.261. The quantitative estimate of drug-likeness (QED) is 0.537. The van der Waals surface area contributed by atoms with Crippen molar-refractivity contribution in [3.8, 4) is 0 Å². The fraction of sp³-hybridized carbons (Fsp3) is 0.800. The number of fused-ring (bicyclic) bond motifs is 2. The first kappa shape index (κ1) is 9.15. The summed E-state index contributed by atoms with van der Waals surface area (Å²) in [4.78, 5) is 24.8. The Balaban J connectivity index is 1.96. The minimum absolute atomic E-state index is 0.0382. The van der Waals surface area contributed by atoms with Crippen LogP contribution in [0.1, 0.15) is 19.3 Å². The maximum absolute atomic E-state index is 12.1. The smallest absolute Gasteiger partial charge is 0.323 e. The van der Waals surface area contributed by atoms with Crippen molar-refractivity contribution in [2.24, 2.45) is 5.92 Å². The average Bonchev–Trinajstić information content (AvgIpc) is 2.36. The Kier molecular flexibility index (Phi) is 1.66. The number of hydrogen-bond acceptors (Lipinski definition) is 3. The highest BCUT2D eigenvalue weighted by Crippen LogP contribution is 2.43. The van der Waals surface area contributed by atoms with Gasteiger partial charge < -0.3 is 10.6 Å². The largest absolute Gasteiger partial charge is 0.324 e. The fourth-order valence-electron chi connectivity index (χ4n) is 3.11. The molecular formula is C10H15N3O2. The van der Waals surface area contributed by atoms with Gasteiger partial charge in [-0.1, -0.05) is 0 Å². The third kappa shape index (κ3) is 0.963. The van der Waals surface area contributed by atoms with E-state index in [1.165, 1.54) is 4.90 Å². The number of carbonyl (C=O) groups excluding carboxylic acids is 2. The van der Waals surface area contributed by atoms with Gasteiger partial charge in [0.05, 0.1) is 0 Å². The number of nitrogens with one attached hydrogen (secondary N) is 2. The van der Waals surface area contributed by atoms with E-state index in [1.807, 2.05) is 0 Å². The van der Waals surface area contributed by atoms with Crippen molar-refractivity contribution in [1.29, 1.82) is 0 Å². The van der Waals surface area contributed by atoms with Gasteiger partial charge in [-0.2, -0.15) is 0 Å². The van der Waals surface area contributed by atoms with E-state index < -0.39 is 5.54 Å². The molecule has 1 aliphatic carbocycles. The Morgan fingerprint density at radius 2 is 2.20 bits per heavy atom. The van der Waals surface area contributed by atoms with Crippen LogP contribution in [-0.2, 0) is 4.79 Å². The second-order valence-corrected chi connectivity index (χ2v) is 4.76. The molecule has 0 aromatic carbocycles. The molecule has 1 spiro atoms. The molecule has 3 unspecified atom stereocenters. The molecule has 0 bridgehead atoms. The molecule has 3 aliphatic rings. The lowest BCUT2D eigenvalue weighted by molar-refractivity contribution is -0.136. The summed E-state index contributed by atoms with van der Waals surface area (Å²) in [6, 6.07) is 0.182. The van der Waals surface area contributed by atoms with Gasteiger partial charge in [-0.25, -0.2) is 4.79 Å². The van der Waals surface area contributed by atoms with Crippen LogP contribution in [0.3, 0.4) is 0 Å². The van der Waals surface area contributed by atoms with Crippen LogP contribution in [0, 0.1) is 5.92 Å². The third-order valence-electron chi connectivity index (χ3n) is 4.15. The van der Waals surface area contributed by atoms with Gasteiger partial charge in [0.25, 0.3) is 5.91 Å². The molecule has 3 fully saturated rings. The fourth-order valence-corrected chi connectivity index (χ4v) is 3.11.